The summed E-state index contributed by atoms with van der Waals surface area (Å²) in [5.74, 6) is 1.07. The van der Waals surface area contributed by atoms with Crippen LogP contribution in [0.3, 0.4) is 0 Å². The maximum atomic E-state index is 6.47. The van der Waals surface area contributed by atoms with Crippen LogP contribution in [0.2, 0.25) is 0 Å². The molecule has 2 heterocycles. The predicted octanol–water partition coefficient (Wildman–Crippen LogP) is 13.9. The highest BCUT2D eigenvalue weighted by Crippen LogP contribution is 2.52. The largest absolute Gasteiger partial charge is 0.456 e. The fourth-order valence-electron chi connectivity index (χ4n) is 7.65. The number of hydrogen-bond acceptors (Lipinski definition) is 4. The second kappa shape index (κ2) is 15.3. The summed E-state index contributed by atoms with van der Waals surface area (Å²) in [6.45, 7) is 4.32. The van der Waals surface area contributed by atoms with Crippen molar-refractivity contribution in [3.8, 4) is 22.3 Å². The standard InChI is InChI=1S/C52H36N4OS/c1-53-51(38-18-9-4-10-19-38)55-52(54-34-35-14-5-2-6-15-35)42-20-13-22-47-50(42)43-32-39(27-31-46(43)57-47)37-24-28-41(29-25-37)56-44-21-11-12-23-48(44)58-49-33-40(26-30-45(49)56)36-16-7-3-8-17-36/h2-33H,1,34H2. The molecule has 1 aliphatic heterocycles. The molecule has 0 N–H and O–H groups in total. The summed E-state index contributed by atoms with van der Waals surface area (Å²) >= 11 is 1.83. The summed E-state index contributed by atoms with van der Waals surface area (Å²) in [7, 11) is 0. The Balaban J connectivity index is 1.04. The summed E-state index contributed by atoms with van der Waals surface area (Å²) in [4.78, 5) is 19.3. The smallest absolute Gasteiger partial charge is 0.161 e. The molecule has 8 aromatic carbocycles. The highest BCUT2D eigenvalue weighted by Gasteiger charge is 2.25. The number of anilines is 3. The average molecular weight is 765 g/mol. The van der Waals surface area contributed by atoms with Crippen molar-refractivity contribution in [3.63, 3.8) is 0 Å². The maximum Gasteiger partial charge on any atom is 0.161 e. The van der Waals surface area contributed by atoms with E-state index in [9.17, 15) is 0 Å². The van der Waals surface area contributed by atoms with E-state index in [0.717, 1.165) is 55.4 Å². The SMILES string of the molecule is C=NC(=NC(=NCc1ccccc1)c1cccc2oc3ccc(-c4ccc(N5c6ccccc6Sc6cc(-c7ccccc7)ccc65)cc4)cc3c12)c1ccccc1. The lowest BCUT2D eigenvalue weighted by molar-refractivity contribution is 0.669. The lowest BCUT2D eigenvalue weighted by Crippen LogP contribution is -2.14. The minimum atomic E-state index is 0.460. The molecule has 58 heavy (non-hydrogen) atoms. The van der Waals surface area contributed by atoms with Gasteiger partial charge >= 0.3 is 0 Å². The van der Waals surface area contributed by atoms with Crippen LogP contribution in [-0.2, 0) is 6.54 Å². The molecular formula is C52H36N4OS. The van der Waals surface area contributed by atoms with Crippen molar-refractivity contribution in [2.75, 3.05) is 4.90 Å². The number of amidine groups is 2. The summed E-state index contributed by atoms with van der Waals surface area (Å²) in [6.07, 6.45) is 0. The van der Waals surface area contributed by atoms with E-state index in [0.29, 0.717) is 18.2 Å². The Morgan fingerprint density at radius 3 is 1.98 bits per heavy atom. The van der Waals surface area contributed by atoms with Gasteiger partial charge < -0.3 is 9.32 Å². The highest BCUT2D eigenvalue weighted by molar-refractivity contribution is 7.99. The third-order valence-electron chi connectivity index (χ3n) is 10.5. The number of rotatable bonds is 7. The van der Waals surface area contributed by atoms with E-state index < -0.39 is 0 Å². The van der Waals surface area contributed by atoms with E-state index in [2.05, 4.69) is 150 Å². The van der Waals surface area contributed by atoms with Gasteiger partial charge in [0.05, 0.1) is 17.9 Å². The molecule has 9 aromatic rings. The van der Waals surface area contributed by atoms with Gasteiger partial charge in [0.15, 0.2) is 11.7 Å². The van der Waals surface area contributed by atoms with Crippen LogP contribution < -0.4 is 4.90 Å². The minimum Gasteiger partial charge on any atom is -0.456 e. The summed E-state index contributed by atoms with van der Waals surface area (Å²) in [5, 5.41) is 1.95. The van der Waals surface area contributed by atoms with Crippen molar-refractivity contribution in [2.24, 2.45) is 15.0 Å². The number of benzene rings is 8. The maximum absolute atomic E-state index is 6.47. The van der Waals surface area contributed by atoms with E-state index in [1.165, 1.54) is 32.3 Å². The first-order valence-electron chi connectivity index (χ1n) is 19.2. The van der Waals surface area contributed by atoms with E-state index >= 15 is 0 Å². The second-order valence-electron chi connectivity index (χ2n) is 14.1. The molecule has 0 unspecified atom stereocenters. The minimum absolute atomic E-state index is 0.460. The number of nitrogens with zero attached hydrogens (tertiary/aromatic N) is 4. The van der Waals surface area contributed by atoms with E-state index in [1.807, 2.05) is 72.4 Å². The zero-order valence-corrected chi connectivity index (χ0v) is 32.3. The Bertz CT molecular complexity index is 3010. The first kappa shape index (κ1) is 35.2. The summed E-state index contributed by atoms with van der Waals surface area (Å²) in [6, 6.07) is 67.4. The van der Waals surface area contributed by atoms with Crippen LogP contribution >= 0.6 is 11.8 Å². The zero-order valence-electron chi connectivity index (χ0n) is 31.5. The first-order chi connectivity index (χ1) is 28.7. The Hall–Kier alpha value is -7.28. The van der Waals surface area contributed by atoms with Gasteiger partial charge in [0, 0.05) is 37.4 Å². The van der Waals surface area contributed by atoms with Gasteiger partial charge in [-0.1, -0.05) is 151 Å². The average Bonchev–Trinajstić information content (AvgIpc) is 3.67. The molecule has 0 radical (unpaired) electrons. The van der Waals surface area contributed by atoms with E-state index in [4.69, 9.17) is 14.4 Å². The molecule has 10 rings (SSSR count). The fourth-order valence-corrected chi connectivity index (χ4v) is 8.75. The van der Waals surface area contributed by atoms with Crippen LogP contribution in [0.4, 0.5) is 17.1 Å². The van der Waals surface area contributed by atoms with Crippen LogP contribution in [0.1, 0.15) is 16.7 Å². The number of aliphatic imine (C=N–C) groups is 3. The molecule has 276 valence electrons. The number of para-hydroxylation sites is 1. The molecule has 0 saturated carbocycles. The second-order valence-corrected chi connectivity index (χ2v) is 15.2. The molecule has 0 fully saturated rings. The van der Waals surface area contributed by atoms with Crippen LogP contribution in [-0.4, -0.2) is 18.4 Å². The molecule has 5 nitrogen and oxygen atoms in total. The van der Waals surface area contributed by atoms with Crippen LogP contribution in [0.15, 0.2) is 223 Å². The molecule has 0 amide bonds. The monoisotopic (exact) mass is 764 g/mol. The molecule has 1 aliphatic rings. The lowest BCUT2D eigenvalue weighted by Gasteiger charge is -2.33. The van der Waals surface area contributed by atoms with Gasteiger partial charge in [-0.2, -0.15) is 0 Å². The van der Waals surface area contributed by atoms with Crippen molar-refractivity contribution in [1.82, 2.24) is 0 Å². The summed E-state index contributed by atoms with van der Waals surface area (Å²) < 4.78 is 6.47. The van der Waals surface area contributed by atoms with Crippen molar-refractivity contribution < 1.29 is 4.42 Å². The van der Waals surface area contributed by atoms with Gasteiger partial charge in [-0.3, -0.25) is 4.99 Å². The summed E-state index contributed by atoms with van der Waals surface area (Å²) in [5.41, 5.74) is 12.5. The Morgan fingerprint density at radius 1 is 0.534 bits per heavy atom. The third-order valence-corrected chi connectivity index (χ3v) is 11.6. The fraction of sp³-hybridized carbons (Fsp3) is 0.0192. The van der Waals surface area contributed by atoms with E-state index in [1.54, 1.807) is 0 Å². The normalized spacial score (nSPS) is 12.7. The van der Waals surface area contributed by atoms with Crippen molar-refractivity contribution in [3.05, 3.63) is 211 Å². The van der Waals surface area contributed by atoms with Gasteiger partial charge in [-0.25, -0.2) is 9.98 Å². The third kappa shape index (κ3) is 6.70. The quantitative estimate of drug-likeness (QED) is 0.120. The number of fused-ring (bicyclic) bond motifs is 5. The first-order valence-corrected chi connectivity index (χ1v) is 20.0. The molecule has 6 heteroatoms. The Labute approximate surface area is 341 Å². The van der Waals surface area contributed by atoms with E-state index in [-0.39, 0.29) is 0 Å². The Kier molecular flexibility index (Phi) is 9.30. The lowest BCUT2D eigenvalue weighted by atomic mass is 10.00. The van der Waals surface area contributed by atoms with Gasteiger partial charge in [0.25, 0.3) is 0 Å². The van der Waals surface area contributed by atoms with Crippen LogP contribution in [0, 0.1) is 0 Å². The van der Waals surface area contributed by atoms with Gasteiger partial charge in [0.1, 0.15) is 11.2 Å². The van der Waals surface area contributed by atoms with Crippen molar-refractivity contribution in [1.29, 1.82) is 0 Å². The molecule has 0 spiro atoms. The molecule has 0 saturated heterocycles. The molecular weight excluding hydrogens is 729 g/mol. The Morgan fingerprint density at radius 2 is 1.19 bits per heavy atom. The molecule has 0 aliphatic carbocycles. The van der Waals surface area contributed by atoms with Crippen molar-refractivity contribution >= 4 is 69.2 Å². The molecule has 0 bridgehead atoms. The predicted molar refractivity (Wildman–Crippen MR) is 243 cm³/mol. The number of furan rings is 1. The van der Waals surface area contributed by atoms with Crippen LogP contribution in [0.5, 0.6) is 0 Å². The molecule has 1 aromatic heterocycles. The number of hydrogen-bond donors (Lipinski definition) is 0. The van der Waals surface area contributed by atoms with Gasteiger partial charge in [-0.15, -0.1) is 0 Å². The highest BCUT2D eigenvalue weighted by atomic mass is 32.2. The van der Waals surface area contributed by atoms with Gasteiger partial charge in [-0.05, 0) is 89.1 Å². The zero-order chi connectivity index (χ0) is 38.8. The van der Waals surface area contributed by atoms with Crippen LogP contribution in [0.25, 0.3) is 44.2 Å². The van der Waals surface area contributed by atoms with Gasteiger partial charge in [0.2, 0.25) is 0 Å². The topological polar surface area (TPSA) is 53.5 Å². The van der Waals surface area contributed by atoms with Crippen molar-refractivity contribution in [2.45, 2.75) is 16.3 Å². The molecule has 0 atom stereocenters.